The third-order valence-electron chi connectivity index (χ3n) is 2.99. The first-order valence-electron chi connectivity index (χ1n) is 6.13. The largest absolute Gasteiger partial charge is 0.318 e. The standard InChI is InChI=1S/C15H14N4/c16-13(11-7-3-1-4-8-11)15-17-14(18-19-15)12-9-5-2-6-10-12/h1-10,13H,16H2,(H,17,18,19)/t13-/m1/s1. The number of aromatic nitrogens is 3. The van der Waals surface area contributed by atoms with Gasteiger partial charge in [-0.2, -0.15) is 5.10 Å². The van der Waals surface area contributed by atoms with E-state index >= 15 is 0 Å². The predicted molar refractivity (Wildman–Crippen MR) is 74.3 cm³/mol. The lowest BCUT2D eigenvalue weighted by atomic mass is 10.1. The van der Waals surface area contributed by atoms with E-state index in [9.17, 15) is 0 Å². The van der Waals surface area contributed by atoms with Crippen LogP contribution in [0.5, 0.6) is 0 Å². The molecule has 0 aliphatic rings. The number of H-pyrrole nitrogens is 1. The molecule has 19 heavy (non-hydrogen) atoms. The van der Waals surface area contributed by atoms with Crippen LogP contribution in [0.25, 0.3) is 11.4 Å². The van der Waals surface area contributed by atoms with E-state index in [-0.39, 0.29) is 6.04 Å². The Morgan fingerprint density at radius 2 is 1.53 bits per heavy atom. The van der Waals surface area contributed by atoms with Gasteiger partial charge in [-0.05, 0) is 5.56 Å². The van der Waals surface area contributed by atoms with Crippen LogP contribution in [0, 0.1) is 0 Å². The fourth-order valence-corrected chi connectivity index (χ4v) is 1.95. The van der Waals surface area contributed by atoms with Crippen molar-refractivity contribution in [1.29, 1.82) is 0 Å². The Hall–Kier alpha value is -2.46. The highest BCUT2D eigenvalue weighted by Crippen LogP contribution is 2.19. The summed E-state index contributed by atoms with van der Waals surface area (Å²) in [5.74, 6) is 1.34. The second kappa shape index (κ2) is 5.04. The fourth-order valence-electron chi connectivity index (χ4n) is 1.95. The lowest BCUT2D eigenvalue weighted by molar-refractivity contribution is 0.787. The van der Waals surface area contributed by atoms with Gasteiger partial charge in [0.1, 0.15) is 5.82 Å². The summed E-state index contributed by atoms with van der Waals surface area (Å²) in [7, 11) is 0. The Morgan fingerprint density at radius 3 is 2.21 bits per heavy atom. The summed E-state index contributed by atoms with van der Waals surface area (Å²) in [6.07, 6.45) is 0. The van der Waals surface area contributed by atoms with Gasteiger partial charge in [-0.15, -0.1) is 0 Å². The van der Waals surface area contributed by atoms with Crippen LogP contribution in [0.2, 0.25) is 0 Å². The molecule has 0 aliphatic carbocycles. The van der Waals surface area contributed by atoms with E-state index < -0.39 is 0 Å². The number of nitrogens with one attached hydrogen (secondary N) is 1. The zero-order valence-corrected chi connectivity index (χ0v) is 10.3. The van der Waals surface area contributed by atoms with Gasteiger partial charge in [-0.1, -0.05) is 60.7 Å². The first kappa shape index (κ1) is 11.6. The van der Waals surface area contributed by atoms with E-state index in [1.807, 2.05) is 60.7 Å². The summed E-state index contributed by atoms with van der Waals surface area (Å²) in [5, 5.41) is 7.13. The van der Waals surface area contributed by atoms with Crippen molar-refractivity contribution in [2.75, 3.05) is 0 Å². The Kier molecular flexibility index (Phi) is 3.08. The summed E-state index contributed by atoms with van der Waals surface area (Å²) in [6.45, 7) is 0. The maximum Gasteiger partial charge on any atom is 0.181 e. The van der Waals surface area contributed by atoms with Gasteiger partial charge in [0.15, 0.2) is 5.82 Å². The van der Waals surface area contributed by atoms with Gasteiger partial charge in [0, 0.05) is 5.56 Å². The molecule has 94 valence electrons. The number of hydrogen-bond donors (Lipinski definition) is 2. The molecule has 0 saturated heterocycles. The second-order valence-electron chi connectivity index (χ2n) is 4.30. The van der Waals surface area contributed by atoms with Crippen molar-refractivity contribution in [3.63, 3.8) is 0 Å². The Bertz CT molecular complexity index is 646. The Labute approximate surface area is 111 Å². The highest BCUT2D eigenvalue weighted by atomic mass is 15.2. The SMILES string of the molecule is N[C@H](c1ccccc1)c1nc(-c2ccccc2)n[nH]1. The molecule has 3 rings (SSSR count). The second-order valence-corrected chi connectivity index (χ2v) is 4.30. The first-order chi connectivity index (χ1) is 9.34. The Balaban J connectivity index is 1.90. The molecule has 4 nitrogen and oxygen atoms in total. The maximum atomic E-state index is 6.17. The van der Waals surface area contributed by atoms with E-state index in [0.29, 0.717) is 11.6 Å². The zero-order chi connectivity index (χ0) is 13.1. The number of hydrogen-bond acceptors (Lipinski definition) is 3. The quantitative estimate of drug-likeness (QED) is 0.750. The summed E-state index contributed by atoms with van der Waals surface area (Å²) >= 11 is 0. The van der Waals surface area contributed by atoms with Gasteiger partial charge in [-0.3, -0.25) is 5.10 Å². The van der Waals surface area contributed by atoms with Gasteiger partial charge < -0.3 is 5.73 Å². The Morgan fingerprint density at radius 1 is 0.895 bits per heavy atom. The van der Waals surface area contributed by atoms with E-state index in [1.54, 1.807) is 0 Å². The molecule has 0 saturated carbocycles. The summed E-state index contributed by atoms with van der Waals surface area (Å²) < 4.78 is 0. The molecule has 0 aliphatic heterocycles. The topological polar surface area (TPSA) is 67.6 Å². The van der Waals surface area contributed by atoms with Crippen molar-refractivity contribution in [1.82, 2.24) is 15.2 Å². The molecule has 0 radical (unpaired) electrons. The lowest BCUT2D eigenvalue weighted by Crippen LogP contribution is -2.13. The van der Waals surface area contributed by atoms with Crippen LogP contribution in [0.15, 0.2) is 60.7 Å². The van der Waals surface area contributed by atoms with E-state index in [2.05, 4.69) is 15.2 Å². The summed E-state index contributed by atoms with van der Waals surface area (Å²) in [5.41, 5.74) is 8.16. The molecule has 2 aromatic carbocycles. The van der Waals surface area contributed by atoms with Crippen LogP contribution in [-0.2, 0) is 0 Å². The molecule has 3 N–H and O–H groups in total. The minimum atomic E-state index is -0.286. The number of nitrogens with zero attached hydrogens (tertiary/aromatic N) is 2. The summed E-state index contributed by atoms with van der Waals surface area (Å²) in [6, 6.07) is 19.4. The molecule has 0 bridgehead atoms. The molecule has 0 unspecified atom stereocenters. The highest BCUT2D eigenvalue weighted by molar-refractivity contribution is 5.54. The van der Waals surface area contributed by atoms with E-state index in [1.165, 1.54) is 0 Å². The molecule has 3 aromatic rings. The molecule has 4 heteroatoms. The zero-order valence-electron chi connectivity index (χ0n) is 10.3. The van der Waals surface area contributed by atoms with Crippen molar-refractivity contribution < 1.29 is 0 Å². The molecule has 0 fully saturated rings. The van der Waals surface area contributed by atoms with Crippen molar-refractivity contribution in [3.05, 3.63) is 72.1 Å². The van der Waals surface area contributed by atoms with Gasteiger partial charge >= 0.3 is 0 Å². The number of nitrogens with two attached hydrogens (primary N) is 1. The third-order valence-corrected chi connectivity index (χ3v) is 2.99. The average molecular weight is 250 g/mol. The van der Waals surface area contributed by atoms with Crippen LogP contribution in [0.3, 0.4) is 0 Å². The number of benzene rings is 2. The molecule has 0 spiro atoms. The van der Waals surface area contributed by atoms with Crippen molar-refractivity contribution >= 4 is 0 Å². The van der Waals surface area contributed by atoms with Crippen molar-refractivity contribution in [2.45, 2.75) is 6.04 Å². The molecule has 1 aromatic heterocycles. The summed E-state index contributed by atoms with van der Waals surface area (Å²) in [4.78, 5) is 4.47. The molecular weight excluding hydrogens is 236 g/mol. The van der Waals surface area contributed by atoms with Crippen molar-refractivity contribution in [2.24, 2.45) is 5.73 Å². The van der Waals surface area contributed by atoms with Gasteiger partial charge in [0.25, 0.3) is 0 Å². The smallest absolute Gasteiger partial charge is 0.181 e. The third kappa shape index (κ3) is 2.39. The monoisotopic (exact) mass is 250 g/mol. The maximum absolute atomic E-state index is 6.17. The van der Waals surface area contributed by atoms with Crippen LogP contribution >= 0.6 is 0 Å². The van der Waals surface area contributed by atoms with Crippen LogP contribution in [-0.4, -0.2) is 15.2 Å². The highest BCUT2D eigenvalue weighted by Gasteiger charge is 2.14. The van der Waals surface area contributed by atoms with Crippen LogP contribution < -0.4 is 5.73 Å². The lowest BCUT2D eigenvalue weighted by Gasteiger charge is -2.07. The molecular formula is C15H14N4. The molecule has 1 atom stereocenters. The van der Waals surface area contributed by atoms with Crippen LogP contribution in [0.4, 0.5) is 0 Å². The van der Waals surface area contributed by atoms with E-state index in [4.69, 9.17) is 5.73 Å². The van der Waals surface area contributed by atoms with Gasteiger partial charge in [-0.25, -0.2) is 4.98 Å². The molecule has 1 heterocycles. The number of aromatic amines is 1. The number of rotatable bonds is 3. The van der Waals surface area contributed by atoms with Gasteiger partial charge in [0.05, 0.1) is 6.04 Å². The average Bonchev–Trinajstić information content (AvgIpc) is 2.98. The molecule has 0 amide bonds. The first-order valence-corrected chi connectivity index (χ1v) is 6.13. The van der Waals surface area contributed by atoms with Gasteiger partial charge in [0.2, 0.25) is 0 Å². The minimum Gasteiger partial charge on any atom is -0.318 e. The van der Waals surface area contributed by atoms with Crippen LogP contribution in [0.1, 0.15) is 17.4 Å². The van der Waals surface area contributed by atoms with E-state index in [0.717, 1.165) is 11.1 Å². The predicted octanol–water partition coefficient (Wildman–Crippen LogP) is 2.52. The minimum absolute atomic E-state index is 0.286. The van der Waals surface area contributed by atoms with Crippen molar-refractivity contribution in [3.8, 4) is 11.4 Å². The fraction of sp³-hybridized carbons (Fsp3) is 0.0667. The normalized spacial score (nSPS) is 12.3.